The first-order valence-electron chi connectivity index (χ1n) is 1.60. The highest BCUT2D eigenvalue weighted by Gasteiger charge is 1.92. The van der Waals surface area contributed by atoms with Crippen molar-refractivity contribution in [2.45, 2.75) is 0 Å². The minimum Gasteiger partial charge on any atom is -0.345 e. The van der Waals surface area contributed by atoms with Crippen LogP contribution in [0.2, 0.25) is 0 Å². The van der Waals surface area contributed by atoms with Gasteiger partial charge in [-0.3, -0.25) is 5.09 Å². The molecule has 2 nitrogen and oxygen atoms in total. The lowest BCUT2D eigenvalue weighted by Crippen LogP contribution is -1.95. The number of nitrogens with one attached hydrogen (secondary N) is 1. The van der Waals surface area contributed by atoms with Crippen LogP contribution in [0.3, 0.4) is 0 Å². The number of hydrogen-bond donors (Lipinski definition) is 1. The zero-order chi connectivity index (χ0) is 3.54. The van der Waals surface area contributed by atoms with Crippen molar-refractivity contribution in [3.05, 3.63) is 0 Å². The maximum atomic E-state index is 4.86. The fourth-order valence-corrected chi connectivity index (χ4v) is 0.765. The maximum Gasteiger partial charge on any atom is 0.0862 e. The minimum atomic E-state index is 0.559. The van der Waals surface area contributed by atoms with E-state index in [4.69, 9.17) is 4.52 Å². The van der Waals surface area contributed by atoms with E-state index in [1.165, 1.54) is 0 Å². The lowest BCUT2D eigenvalue weighted by molar-refractivity contribution is 0.407. The lowest BCUT2D eigenvalue weighted by Gasteiger charge is -1.76. The molecule has 0 bridgehead atoms. The minimum absolute atomic E-state index is 0.559. The fraction of sp³-hybridized carbons (Fsp3) is 1.00. The monoisotopic (exact) mass is 91.0 g/mol. The zero-order valence-corrected chi connectivity index (χ0v) is 3.82. The standard InChI is InChI=1S/C2H6NOP/c1-2-4-5-3-1/h3,5H,1-2H2. The Bertz CT molecular complexity index is 21.2. The van der Waals surface area contributed by atoms with Crippen LogP contribution in [0.5, 0.6) is 0 Å². The van der Waals surface area contributed by atoms with Crippen molar-refractivity contribution in [3.8, 4) is 0 Å². The van der Waals surface area contributed by atoms with Gasteiger partial charge in [0.25, 0.3) is 0 Å². The molecule has 1 fully saturated rings. The van der Waals surface area contributed by atoms with E-state index >= 15 is 0 Å². The van der Waals surface area contributed by atoms with E-state index in [-0.39, 0.29) is 0 Å². The summed E-state index contributed by atoms with van der Waals surface area (Å²) in [4.78, 5) is 0. The average molecular weight is 91.0 g/mol. The van der Waals surface area contributed by atoms with E-state index in [2.05, 4.69) is 5.09 Å². The molecule has 3 heteroatoms. The lowest BCUT2D eigenvalue weighted by atomic mass is 10.8. The molecule has 1 heterocycles. The Morgan fingerprint density at radius 1 is 1.80 bits per heavy atom. The average Bonchev–Trinajstić information content (AvgIpc) is 1.76. The summed E-state index contributed by atoms with van der Waals surface area (Å²) in [6, 6.07) is 0. The van der Waals surface area contributed by atoms with E-state index in [0.29, 0.717) is 8.96 Å². The van der Waals surface area contributed by atoms with Gasteiger partial charge in [0.05, 0.1) is 15.6 Å². The van der Waals surface area contributed by atoms with Gasteiger partial charge in [0, 0.05) is 6.54 Å². The van der Waals surface area contributed by atoms with Crippen LogP contribution in [0, 0.1) is 0 Å². The van der Waals surface area contributed by atoms with Gasteiger partial charge in [0.15, 0.2) is 0 Å². The Morgan fingerprint density at radius 2 is 2.80 bits per heavy atom. The summed E-state index contributed by atoms with van der Waals surface area (Å²) >= 11 is 0. The zero-order valence-electron chi connectivity index (χ0n) is 2.82. The number of rotatable bonds is 0. The molecule has 30 valence electrons. The van der Waals surface area contributed by atoms with Crippen LogP contribution in [0.25, 0.3) is 0 Å². The smallest absolute Gasteiger partial charge is 0.0862 e. The first-order valence-corrected chi connectivity index (χ1v) is 2.50. The van der Waals surface area contributed by atoms with Crippen LogP contribution in [-0.2, 0) is 4.52 Å². The first kappa shape index (κ1) is 3.54. The molecular formula is C2H6NOP. The Balaban J connectivity index is 2.08. The van der Waals surface area contributed by atoms with Gasteiger partial charge in [-0.25, -0.2) is 0 Å². The second kappa shape index (κ2) is 1.71. The molecule has 0 spiro atoms. The van der Waals surface area contributed by atoms with Crippen LogP contribution in [0.4, 0.5) is 0 Å². The molecule has 5 heavy (non-hydrogen) atoms. The summed E-state index contributed by atoms with van der Waals surface area (Å²) in [6.07, 6.45) is 0. The van der Waals surface area contributed by atoms with Crippen molar-refractivity contribution in [2.24, 2.45) is 0 Å². The molecule has 0 aromatic carbocycles. The van der Waals surface area contributed by atoms with Crippen LogP contribution >= 0.6 is 8.96 Å². The highest BCUT2D eigenvalue weighted by molar-refractivity contribution is 7.30. The van der Waals surface area contributed by atoms with E-state index in [1.807, 2.05) is 0 Å². The van der Waals surface area contributed by atoms with Crippen molar-refractivity contribution in [3.63, 3.8) is 0 Å². The van der Waals surface area contributed by atoms with Gasteiger partial charge in [-0.2, -0.15) is 0 Å². The summed E-state index contributed by atoms with van der Waals surface area (Å²) in [6.45, 7) is 1.94. The third kappa shape index (κ3) is 0.839. The normalized spacial score (nSPS) is 28.8. The van der Waals surface area contributed by atoms with E-state index in [1.54, 1.807) is 0 Å². The highest BCUT2D eigenvalue weighted by atomic mass is 31.1. The quantitative estimate of drug-likeness (QED) is 0.427. The molecule has 0 aliphatic carbocycles. The van der Waals surface area contributed by atoms with Crippen molar-refractivity contribution in [1.82, 2.24) is 5.09 Å². The van der Waals surface area contributed by atoms with Crippen LogP contribution in [0.1, 0.15) is 0 Å². The van der Waals surface area contributed by atoms with Crippen LogP contribution in [-0.4, -0.2) is 13.2 Å². The highest BCUT2D eigenvalue weighted by Crippen LogP contribution is 2.08. The topological polar surface area (TPSA) is 21.3 Å². The Morgan fingerprint density at radius 3 is 3.00 bits per heavy atom. The van der Waals surface area contributed by atoms with Crippen LogP contribution in [0.15, 0.2) is 0 Å². The molecule has 1 unspecified atom stereocenters. The second-order valence-corrected chi connectivity index (χ2v) is 1.72. The van der Waals surface area contributed by atoms with Crippen molar-refractivity contribution >= 4 is 8.96 Å². The van der Waals surface area contributed by atoms with Gasteiger partial charge in [-0.15, -0.1) is 0 Å². The molecule has 1 rings (SSSR count). The predicted molar refractivity (Wildman–Crippen MR) is 22.3 cm³/mol. The molecule has 0 aromatic heterocycles. The summed E-state index contributed by atoms with van der Waals surface area (Å²) < 4.78 is 4.86. The van der Waals surface area contributed by atoms with Crippen LogP contribution < -0.4 is 5.09 Å². The molecule has 0 saturated carbocycles. The van der Waals surface area contributed by atoms with Gasteiger partial charge in [-0.1, -0.05) is 0 Å². The summed E-state index contributed by atoms with van der Waals surface area (Å²) in [5, 5.41) is 3.03. The molecule has 1 aliphatic heterocycles. The summed E-state index contributed by atoms with van der Waals surface area (Å²) in [5.74, 6) is 0. The third-order valence-electron chi connectivity index (χ3n) is 0.473. The van der Waals surface area contributed by atoms with Crippen molar-refractivity contribution in [1.29, 1.82) is 0 Å². The Hall–Kier alpha value is 0.350. The Labute approximate surface area is 32.8 Å². The van der Waals surface area contributed by atoms with Crippen molar-refractivity contribution in [2.75, 3.05) is 13.2 Å². The molecule has 0 radical (unpaired) electrons. The van der Waals surface area contributed by atoms with Gasteiger partial charge in [-0.05, 0) is 0 Å². The molecule has 1 saturated heterocycles. The van der Waals surface area contributed by atoms with Gasteiger partial charge < -0.3 is 4.52 Å². The summed E-state index contributed by atoms with van der Waals surface area (Å²) in [7, 11) is 0.559. The Kier molecular flexibility index (Phi) is 1.21. The first-order chi connectivity index (χ1) is 2.50. The second-order valence-electron chi connectivity index (χ2n) is 0.877. The molecule has 1 aliphatic rings. The van der Waals surface area contributed by atoms with Gasteiger partial charge in [0.2, 0.25) is 0 Å². The maximum absolute atomic E-state index is 4.86. The van der Waals surface area contributed by atoms with Gasteiger partial charge in [0.1, 0.15) is 0 Å². The largest absolute Gasteiger partial charge is 0.345 e. The van der Waals surface area contributed by atoms with E-state index in [9.17, 15) is 0 Å². The van der Waals surface area contributed by atoms with E-state index in [0.717, 1.165) is 13.2 Å². The molecule has 0 amide bonds. The fourth-order valence-electron chi connectivity index (χ4n) is 0.255. The molecule has 1 N–H and O–H groups in total. The number of hydrogen-bond acceptors (Lipinski definition) is 2. The predicted octanol–water partition coefficient (Wildman–Crippen LogP) is 0.115. The summed E-state index contributed by atoms with van der Waals surface area (Å²) in [5.41, 5.74) is 0. The van der Waals surface area contributed by atoms with Gasteiger partial charge >= 0.3 is 0 Å². The molecular weight excluding hydrogens is 85.0 g/mol. The molecule has 0 aromatic rings. The third-order valence-corrected chi connectivity index (χ3v) is 1.22. The SMILES string of the molecule is C1COPN1. The molecule has 1 atom stereocenters. The van der Waals surface area contributed by atoms with E-state index < -0.39 is 0 Å². The van der Waals surface area contributed by atoms with Crippen molar-refractivity contribution < 1.29 is 4.52 Å².